The van der Waals surface area contributed by atoms with Crippen LogP contribution in [0.5, 0.6) is 0 Å². The maximum Gasteiger partial charge on any atom is 0.0588 e. The number of aliphatic hydroxyl groups excluding tert-OH is 1. The van der Waals surface area contributed by atoms with Crippen LogP contribution in [-0.2, 0) is 0 Å². The van der Waals surface area contributed by atoms with Crippen molar-refractivity contribution in [2.24, 2.45) is 5.41 Å². The molecule has 0 spiro atoms. The molecule has 14 heavy (non-hydrogen) atoms. The van der Waals surface area contributed by atoms with Gasteiger partial charge in [0.1, 0.15) is 0 Å². The Hall–Kier alpha value is -0.0400. The number of unbranched alkanes of at least 4 members (excludes halogenated alkanes) is 5. The third-order valence-corrected chi connectivity index (χ3v) is 2.83. The summed E-state index contributed by atoms with van der Waals surface area (Å²) in [6, 6.07) is 0. The molecule has 0 aromatic carbocycles. The Labute approximate surface area is 89.9 Å². The average Bonchev–Trinajstić information content (AvgIpc) is 2.09. The maximum atomic E-state index is 9.79. The molecule has 0 aromatic rings. The van der Waals surface area contributed by atoms with Gasteiger partial charge in [0.2, 0.25) is 0 Å². The Kier molecular flexibility index (Phi) is 7.26. The van der Waals surface area contributed by atoms with Crippen molar-refractivity contribution in [3.05, 3.63) is 0 Å². The Balaban J connectivity index is 3.28. The molecule has 0 saturated heterocycles. The first-order valence-corrected chi connectivity index (χ1v) is 6.16. The van der Waals surface area contributed by atoms with Gasteiger partial charge in [-0.25, -0.2) is 0 Å². The van der Waals surface area contributed by atoms with Crippen molar-refractivity contribution in [3.8, 4) is 0 Å². The molecule has 0 aromatic heterocycles. The predicted molar refractivity (Wildman–Crippen MR) is 63.5 cm³/mol. The highest BCUT2D eigenvalue weighted by Crippen LogP contribution is 2.23. The van der Waals surface area contributed by atoms with Crippen LogP contribution in [0.15, 0.2) is 0 Å². The molecule has 0 saturated carbocycles. The van der Waals surface area contributed by atoms with Crippen molar-refractivity contribution >= 4 is 0 Å². The van der Waals surface area contributed by atoms with Gasteiger partial charge >= 0.3 is 0 Å². The molecule has 1 atom stereocenters. The zero-order valence-corrected chi connectivity index (χ0v) is 10.5. The van der Waals surface area contributed by atoms with E-state index in [0.29, 0.717) is 0 Å². The van der Waals surface area contributed by atoms with E-state index in [0.717, 1.165) is 6.42 Å². The van der Waals surface area contributed by atoms with Gasteiger partial charge in [0.05, 0.1) is 6.10 Å². The summed E-state index contributed by atoms with van der Waals surface area (Å²) >= 11 is 0. The van der Waals surface area contributed by atoms with Crippen molar-refractivity contribution in [1.82, 2.24) is 0 Å². The highest BCUT2D eigenvalue weighted by atomic mass is 16.3. The Bertz CT molecular complexity index is 124. The molecule has 0 fully saturated rings. The third kappa shape index (κ3) is 7.37. The van der Waals surface area contributed by atoms with Gasteiger partial charge in [-0.15, -0.1) is 0 Å². The normalized spacial score (nSPS) is 14.4. The number of aliphatic hydroxyl groups is 1. The van der Waals surface area contributed by atoms with Gasteiger partial charge in [-0.3, -0.25) is 0 Å². The average molecular weight is 200 g/mol. The minimum absolute atomic E-state index is 0.0589. The summed E-state index contributed by atoms with van der Waals surface area (Å²) in [6.45, 7) is 8.56. The lowest BCUT2D eigenvalue weighted by molar-refractivity contribution is 0.0533. The van der Waals surface area contributed by atoms with Gasteiger partial charge in [0, 0.05) is 0 Å². The van der Waals surface area contributed by atoms with Crippen LogP contribution >= 0.6 is 0 Å². The summed E-state index contributed by atoms with van der Waals surface area (Å²) in [6.07, 6.45) is 8.68. The van der Waals surface area contributed by atoms with Crippen molar-refractivity contribution in [1.29, 1.82) is 0 Å². The van der Waals surface area contributed by atoms with E-state index >= 15 is 0 Å². The second-order valence-corrected chi connectivity index (χ2v) is 5.44. The first-order chi connectivity index (χ1) is 6.48. The molecule has 0 bridgehead atoms. The monoisotopic (exact) mass is 200 g/mol. The lowest BCUT2D eigenvalue weighted by Gasteiger charge is -2.25. The van der Waals surface area contributed by atoms with Crippen LogP contribution in [0, 0.1) is 5.41 Å². The summed E-state index contributed by atoms with van der Waals surface area (Å²) in [5, 5.41) is 9.79. The van der Waals surface area contributed by atoms with E-state index in [2.05, 4.69) is 27.7 Å². The molecule has 0 radical (unpaired) electrons. The Morgan fingerprint density at radius 1 is 0.929 bits per heavy atom. The fourth-order valence-corrected chi connectivity index (χ4v) is 1.55. The molecule has 0 aliphatic carbocycles. The van der Waals surface area contributed by atoms with Crippen molar-refractivity contribution in [2.75, 3.05) is 0 Å². The van der Waals surface area contributed by atoms with Crippen LogP contribution in [0.3, 0.4) is 0 Å². The van der Waals surface area contributed by atoms with E-state index in [1.165, 1.54) is 38.5 Å². The quantitative estimate of drug-likeness (QED) is 0.612. The molecule has 0 rings (SSSR count). The molecule has 1 heteroatoms. The van der Waals surface area contributed by atoms with Crippen molar-refractivity contribution in [2.45, 2.75) is 78.7 Å². The van der Waals surface area contributed by atoms with Gasteiger partial charge < -0.3 is 5.11 Å². The topological polar surface area (TPSA) is 20.2 Å². The third-order valence-electron chi connectivity index (χ3n) is 2.83. The lowest BCUT2D eigenvalue weighted by Crippen LogP contribution is -2.25. The molecule has 0 heterocycles. The van der Waals surface area contributed by atoms with Gasteiger partial charge in [-0.05, 0) is 11.8 Å². The minimum atomic E-state index is -0.131. The van der Waals surface area contributed by atoms with E-state index in [-0.39, 0.29) is 11.5 Å². The summed E-state index contributed by atoms with van der Waals surface area (Å²) in [5.74, 6) is 0. The van der Waals surface area contributed by atoms with E-state index in [4.69, 9.17) is 0 Å². The first kappa shape index (κ1) is 14.0. The van der Waals surface area contributed by atoms with Crippen LogP contribution in [0.2, 0.25) is 0 Å². The molecule has 1 N–H and O–H groups in total. The van der Waals surface area contributed by atoms with Crippen molar-refractivity contribution in [3.63, 3.8) is 0 Å². The SMILES string of the molecule is CCCCCCCC[C@@H](O)C(C)(C)C. The molecular weight excluding hydrogens is 172 g/mol. The standard InChI is InChI=1S/C13H28O/c1-5-6-7-8-9-10-11-12(14)13(2,3)4/h12,14H,5-11H2,1-4H3/t12-/m1/s1. The van der Waals surface area contributed by atoms with Gasteiger partial charge in [0.15, 0.2) is 0 Å². The largest absolute Gasteiger partial charge is 0.393 e. The van der Waals surface area contributed by atoms with Crippen LogP contribution in [0.4, 0.5) is 0 Å². The van der Waals surface area contributed by atoms with Crippen LogP contribution < -0.4 is 0 Å². The van der Waals surface area contributed by atoms with Gasteiger partial charge in [-0.2, -0.15) is 0 Å². The zero-order chi connectivity index (χ0) is 11.0. The number of hydrogen-bond acceptors (Lipinski definition) is 1. The zero-order valence-electron chi connectivity index (χ0n) is 10.5. The fraction of sp³-hybridized carbons (Fsp3) is 1.00. The molecule has 0 aliphatic heterocycles. The van der Waals surface area contributed by atoms with Crippen LogP contribution in [0.25, 0.3) is 0 Å². The molecule has 0 aliphatic rings. The Morgan fingerprint density at radius 2 is 1.43 bits per heavy atom. The molecular formula is C13H28O. The fourth-order valence-electron chi connectivity index (χ4n) is 1.55. The second kappa shape index (κ2) is 7.28. The smallest absolute Gasteiger partial charge is 0.0588 e. The Morgan fingerprint density at radius 3 is 1.93 bits per heavy atom. The summed E-state index contributed by atoms with van der Waals surface area (Å²) in [5.41, 5.74) is 0.0589. The van der Waals surface area contributed by atoms with E-state index in [9.17, 15) is 5.11 Å². The van der Waals surface area contributed by atoms with Crippen molar-refractivity contribution < 1.29 is 5.11 Å². The van der Waals surface area contributed by atoms with E-state index in [1.54, 1.807) is 0 Å². The number of hydrogen-bond donors (Lipinski definition) is 1. The summed E-state index contributed by atoms with van der Waals surface area (Å²) in [4.78, 5) is 0. The molecule has 86 valence electrons. The molecule has 0 amide bonds. The van der Waals surface area contributed by atoms with Crippen LogP contribution in [0.1, 0.15) is 72.6 Å². The minimum Gasteiger partial charge on any atom is -0.393 e. The first-order valence-electron chi connectivity index (χ1n) is 6.16. The molecule has 0 unspecified atom stereocenters. The van der Waals surface area contributed by atoms with E-state index in [1.807, 2.05) is 0 Å². The maximum absolute atomic E-state index is 9.79. The van der Waals surface area contributed by atoms with Gasteiger partial charge in [0.25, 0.3) is 0 Å². The second-order valence-electron chi connectivity index (χ2n) is 5.44. The van der Waals surface area contributed by atoms with Crippen LogP contribution in [-0.4, -0.2) is 11.2 Å². The predicted octanol–water partition coefficient (Wildman–Crippen LogP) is 4.14. The van der Waals surface area contributed by atoms with Gasteiger partial charge in [-0.1, -0.05) is 66.2 Å². The summed E-state index contributed by atoms with van der Waals surface area (Å²) in [7, 11) is 0. The highest BCUT2D eigenvalue weighted by Gasteiger charge is 2.20. The molecule has 1 nitrogen and oxygen atoms in total. The highest BCUT2D eigenvalue weighted by molar-refractivity contribution is 4.72. The summed E-state index contributed by atoms with van der Waals surface area (Å²) < 4.78 is 0. The number of rotatable bonds is 7. The van der Waals surface area contributed by atoms with E-state index < -0.39 is 0 Å². The lowest BCUT2D eigenvalue weighted by atomic mass is 9.86.